The lowest BCUT2D eigenvalue weighted by atomic mass is 10.1. The molecule has 0 saturated heterocycles. The summed E-state index contributed by atoms with van der Waals surface area (Å²) in [7, 11) is 0. The van der Waals surface area contributed by atoms with E-state index in [2.05, 4.69) is 15.5 Å². The van der Waals surface area contributed by atoms with Crippen LogP contribution in [-0.4, -0.2) is 25.6 Å². The maximum Gasteiger partial charge on any atom is 0.270 e. The normalized spacial score (nSPS) is 10.5. The monoisotopic (exact) mass is 371 g/mol. The molecule has 9 heteroatoms. The zero-order chi connectivity index (χ0) is 18.7. The first kappa shape index (κ1) is 17.6. The van der Waals surface area contributed by atoms with Crippen LogP contribution in [0.25, 0.3) is 11.4 Å². The van der Waals surface area contributed by atoms with Crippen LogP contribution in [0.2, 0.25) is 5.02 Å². The minimum Gasteiger partial charge on any atom is -0.322 e. The molecule has 0 atom stereocenters. The Hall–Kier alpha value is -3.26. The van der Waals surface area contributed by atoms with Crippen molar-refractivity contribution in [3.8, 4) is 11.4 Å². The predicted octanol–water partition coefficient (Wildman–Crippen LogP) is 3.78. The summed E-state index contributed by atoms with van der Waals surface area (Å²) in [4.78, 5) is 22.6. The minimum atomic E-state index is -0.569. The molecule has 1 aromatic heterocycles. The van der Waals surface area contributed by atoms with E-state index in [-0.39, 0.29) is 16.3 Å². The molecule has 1 N–H and O–H groups in total. The van der Waals surface area contributed by atoms with E-state index in [1.54, 1.807) is 24.5 Å². The Balaban J connectivity index is 1.84. The zero-order valence-corrected chi connectivity index (χ0v) is 14.5. The summed E-state index contributed by atoms with van der Waals surface area (Å²) in [6, 6.07) is 10.9. The second-order valence-electron chi connectivity index (χ2n) is 5.40. The number of rotatable bonds is 5. The average molecular weight is 372 g/mol. The average Bonchev–Trinajstić information content (AvgIpc) is 3.10. The molecule has 0 radical (unpaired) electrons. The molecule has 0 aliphatic rings. The molecule has 2 aromatic carbocycles. The molecule has 0 aliphatic carbocycles. The zero-order valence-electron chi connectivity index (χ0n) is 13.7. The van der Waals surface area contributed by atoms with Gasteiger partial charge in [-0.2, -0.15) is 0 Å². The van der Waals surface area contributed by atoms with Crippen LogP contribution in [0.3, 0.4) is 0 Å². The largest absolute Gasteiger partial charge is 0.322 e. The number of aryl methyl sites for hydroxylation is 1. The molecule has 0 spiro atoms. The molecule has 0 saturated carbocycles. The molecule has 8 nitrogen and oxygen atoms in total. The van der Waals surface area contributed by atoms with Gasteiger partial charge in [0.05, 0.1) is 15.5 Å². The molecular weight excluding hydrogens is 358 g/mol. The number of hydrogen-bond acceptors (Lipinski definition) is 5. The van der Waals surface area contributed by atoms with Gasteiger partial charge < -0.3 is 9.88 Å². The first-order valence-corrected chi connectivity index (χ1v) is 8.11. The summed E-state index contributed by atoms with van der Waals surface area (Å²) in [6.45, 7) is 2.70. The Labute approximate surface area is 153 Å². The van der Waals surface area contributed by atoms with Crippen LogP contribution < -0.4 is 5.32 Å². The summed E-state index contributed by atoms with van der Waals surface area (Å²) in [5.41, 5.74) is 1.33. The molecule has 0 bridgehead atoms. The highest BCUT2D eigenvalue weighted by Gasteiger charge is 2.15. The van der Waals surface area contributed by atoms with Crippen LogP contribution in [0, 0.1) is 10.1 Å². The molecule has 3 rings (SSSR count). The van der Waals surface area contributed by atoms with Crippen LogP contribution in [0.4, 0.5) is 11.4 Å². The van der Waals surface area contributed by atoms with Gasteiger partial charge in [-0.25, -0.2) is 0 Å². The van der Waals surface area contributed by atoms with Gasteiger partial charge in [0.25, 0.3) is 11.6 Å². The highest BCUT2D eigenvalue weighted by molar-refractivity contribution is 6.34. The van der Waals surface area contributed by atoms with Crippen molar-refractivity contribution in [2.75, 3.05) is 5.32 Å². The minimum absolute atomic E-state index is 0.0126. The van der Waals surface area contributed by atoms with Crippen LogP contribution in [0.15, 0.2) is 48.8 Å². The molecule has 1 heterocycles. The van der Waals surface area contributed by atoms with Crippen molar-refractivity contribution in [3.63, 3.8) is 0 Å². The number of amides is 1. The van der Waals surface area contributed by atoms with Crippen molar-refractivity contribution in [2.24, 2.45) is 0 Å². The third-order valence-corrected chi connectivity index (χ3v) is 4.06. The number of halogens is 1. The standard InChI is InChI=1S/C17H14ClN5O3/c1-2-22-10-19-21-16(22)11-4-3-5-12(8-11)20-17(24)14-7-6-13(23(25)26)9-15(14)18/h3-10H,2H2,1H3,(H,20,24). The van der Waals surface area contributed by atoms with Gasteiger partial charge in [0.2, 0.25) is 0 Å². The number of carbonyl (C=O) groups is 1. The first-order valence-electron chi connectivity index (χ1n) is 7.73. The molecular formula is C17H14ClN5O3. The molecule has 132 valence electrons. The third-order valence-electron chi connectivity index (χ3n) is 3.74. The van der Waals surface area contributed by atoms with Gasteiger partial charge in [-0.05, 0) is 25.1 Å². The van der Waals surface area contributed by atoms with Crippen LogP contribution in [-0.2, 0) is 6.54 Å². The highest BCUT2D eigenvalue weighted by Crippen LogP contribution is 2.25. The smallest absolute Gasteiger partial charge is 0.270 e. The number of aromatic nitrogens is 3. The van der Waals surface area contributed by atoms with Gasteiger partial charge in [0.1, 0.15) is 6.33 Å². The van der Waals surface area contributed by atoms with Gasteiger partial charge in [-0.15, -0.1) is 10.2 Å². The van der Waals surface area contributed by atoms with Gasteiger partial charge in [0.15, 0.2) is 5.82 Å². The lowest BCUT2D eigenvalue weighted by Gasteiger charge is -2.09. The van der Waals surface area contributed by atoms with E-state index in [9.17, 15) is 14.9 Å². The van der Waals surface area contributed by atoms with E-state index in [0.717, 1.165) is 18.2 Å². The number of benzene rings is 2. The molecule has 26 heavy (non-hydrogen) atoms. The molecule has 0 fully saturated rings. The Bertz CT molecular complexity index is 986. The van der Waals surface area contributed by atoms with E-state index in [1.807, 2.05) is 17.6 Å². The summed E-state index contributed by atoms with van der Waals surface area (Å²) < 4.78 is 1.88. The number of carbonyl (C=O) groups excluding carboxylic acids is 1. The Kier molecular flexibility index (Phi) is 4.94. The Morgan fingerprint density at radius 1 is 1.31 bits per heavy atom. The SMILES string of the molecule is CCn1cnnc1-c1cccc(NC(=O)c2ccc([N+](=O)[O-])cc2Cl)c1. The first-order chi connectivity index (χ1) is 12.5. The Morgan fingerprint density at radius 2 is 2.12 bits per heavy atom. The van der Waals surface area contributed by atoms with Gasteiger partial charge >= 0.3 is 0 Å². The fourth-order valence-electron chi connectivity index (χ4n) is 2.45. The predicted molar refractivity (Wildman–Crippen MR) is 97.2 cm³/mol. The van der Waals surface area contributed by atoms with Crippen molar-refractivity contribution in [1.29, 1.82) is 0 Å². The van der Waals surface area contributed by atoms with Crippen molar-refractivity contribution in [2.45, 2.75) is 13.5 Å². The topological polar surface area (TPSA) is 103 Å². The van der Waals surface area contributed by atoms with Crippen molar-refractivity contribution >= 4 is 28.9 Å². The number of non-ortho nitro benzene ring substituents is 1. The van der Waals surface area contributed by atoms with Gasteiger partial charge in [-0.1, -0.05) is 23.7 Å². The van der Waals surface area contributed by atoms with Crippen molar-refractivity contribution in [3.05, 3.63) is 69.5 Å². The quantitative estimate of drug-likeness (QED) is 0.543. The second-order valence-corrected chi connectivity index (χ2v) is 5.80. The van der Waals surface area contributed by atoms with Crippen LogP contribution in [0.1, 0.15) is 17.3 Å². The van der Waals surface area contributed by atoms with Crippen LogP contribution >= 0.6 is 11.6 Å². The maximum absolute atomic E-state index is 12.4. The number of anilines is 1. The summed E-state index contributed by atoms with van der Waals surface area (Å²) >= 11 is 6.00. The molecule has 3 aromatic rings. The van der Waals surface area contributed by atoms with Crippen molar-refractivity contribution < 1.29 is 9.72 Å². The lowest BCUT2D eigenvalue weighted by Crippen LogP contribution is -2.12. The fourth-order valence-corrected chi connectivity index (χ4v) is 2.71. The van der Waals surface area contributed by atoms with Crippen molar-refractivity contribution in [1.82, 2.24) is 14.8 Å². The number of hydrogen-bond donors (Lipinski definition) is 1. The maximum atomic E-state index is 12.4. The highest BCUT2D eigenvalue weighted by atomic mass is 35.5. The second kappa shape index (κ2) is 7.32. The lowest BCUT2D eigenvalue weighted by molar-refractivity contribution is -0.384. The molecule has 1 amide bonds. The number of nitro benzene ring substituents is 1. The summed E-state index contributed by atoms with van der Waals surface area (Å²) in [5.74, 6) is 0.232. The van der Waals surface area contributed by atoms with E-state index < -0.39 is 10.8 Å². The number of nitrogens with one attached hydrogen (secondary N) is 1. The van der Waals surface area contributed by atoms with Gasteiger partial charge in [-0.3, -0.25) is 14.9 Å². The van der Waals surface area contributed by atoms with Crippen LogP contribution in [0.5, 0.6) is 0 Å². The summed E-state index contributed by atoms with van der Waals surface area (Å²) in [5, 5.41) is 21.5. The fraction of sp³-hybridized carbons (Fsp3) is 0.118. The molecule has 0 unspecified atom stereocenters. The van der Waals surface area contributed by atoms with E-state index in [1.165, 1.54) is 12.1 Å². The van der Waals surface area contributed by atoms with E-state index >= 15 is 0 Å². The summed E-state index contributed by atoms with van der Waals surface area (Å²) in [6.07, 6.45) is 1.64. The Morgan fingerprint density at radius 3 is 2.81 bits per heavy atom. The molecule has 0 aliphatic heterocycles. The number of nitrogens with zero attached hydrogens (tertiary/aromatic N) is 4. The third kappa shape index (κ3) is 3.55. The van der Waals surface area contributed by atoms with E-state index in [4.69, 9.17) is 11.6 Å². The van der Waals surface area contributed by atoms with E-state index in [0.29, 0.717) is 11.5 Å². The number of nitro groups is 1. The van der Waals surface area contributed by atoms with Gasteiger partial charge in [0, 0.05) is 29.9 Å².